The Morgan fingerprint density at radius 2 is 1.92 bits per heavy atom. The Labute approximate surface area is 158 Å². The Bertz CT molecular complexity index is 786. The molecule has 2 aliphatic heterocycles. The maximum Gasteiger partial charge on any atom is 0.355 e. The van der Waals surface area contributed by atoms with E-state index in [2.05, 4.69) is 14.9 Å². The standard InChI is InChI=1S/C16H19N5O3S2/c22-13(12-2-1-4-21(12)15-17-3-9-25-15)19-5-7-20(8-6-19)16-18-11(10-26-16)14(23)24/h3,9-10,12H,1-2,4-8H2,(H,23,24). The summed E-state index contributed by atoms with van der Waals surface area (Å²) < 4.78 is 0. The largest absolute Gasteiger partial charge is 0.476 e. The van der Waals surface area contributed by atoms with Crippen LogP contribution in [-0.4, -0.2) is 70.6 Å². The third kappa shape index (κ3) is 3.26. The minimum atomic E-state index is -1.01. The van der Waals surface area contributed by atoms with Gasteiger partial charge in [0.1, 0.15) is 6.04 Å². The first-order chi connectivity index (χ1) is 12.6. The normalized spacial score (nSPS) is 20.6. The number of carboxylic acids is 1. The molecular weight excluding hydrogens is 374 g/mol. The van der Waals surface area contributed by atoms with E-state index in [1.54, 1.807) is 22.9 Å². The van der Waals surface area contributed by atoms with Crippen molar-refractivity contribution in [2.45, 2.75) is 18.9 Å². The molecule has 0 aromatic carbocycles. The summed E-state index contributed by atoms with van der Waals surface area (Å²) >= 11 is 2.90. The Morgan fingerprint density at radius 3 is 2.58 bits per heavy atom. The number of carboxylic acid groups (broad SMARTS) is 1. The highest BCUT2D eigenvalue weighted by Gasteiger charge is 2.36. The summed E-state index contributed by atoms with van der Waals surface area (Å²) in [5.74, 6) is -0.840. The van der Waals surface area contributed by atoms with Crippen LogP contribution < -0.4 is 9.80 Å². The van der Waals surface area contributed by atoms with Gasteiger partial charge in [0.05, 0.1) is 0 Å². The Kier molecular flexibility index (Phi) is 4.77. The van der Waals surface area contributed by atoms with Crippen molar-refractivity contribution in [3.8, 4) is 0 Å². The Balaban J connectivity index is 1.38. The Morgan fingerprint density at radius 1 is 1.12 bits per heavy atom. The highest BCUT2D eigenvalue weighted by molar-refractivity contribution is 7.14. The molecule has 1 N–H and O–H groups in total. The summed E-state index contributed by atoms with van der Waals surface area (Å²) in [6.07, 6.45) is 3.65. The van der Waals surface area contributed by atoms with E-state index < -0.39 is 5.97 Å². The predicted octanol–water partition coefficient (Wildman–Crippen LogP) is 1.62. The van der Waals surface area contributed by atoms with Crippen molar-refractivity contribution in [3.63, 3.8) is 0 Å². The number of amides is 1. The van der Waals surface area contributed by atoms with Crippen molar-refractivity contribution in [2.75, 3.05) is 42.5 Å². The van der Waals surface area contributed by atoms with Gasteiger partial charge in [-0.25, -0.2) is 14.8 Å². The average molecular weight is 393 g/mol. The van der Waals surface area contributed by atoms with Gasteiger partial charge in [-0.3, -0.25) is 4.79 Å². The number of nitrogens with zero attached hydrogens (tertiary/aromatic N) is 5. The number of carbonyl (C=O) groups is 2. The van der Waals surface area contributed by atoms with Gasteiger partial charge in [0.25, 0.3) is 0 Å². The van der Waals surface area contributed by atoms with Crippen LogP contribution in [-0.2, 0) is 4.79 Å². The maximum absolute atomic E-state index is 13.0. The molecule has 0 spiro atoms. The molecule has 2 aromatic heterocycles. The van der Waals surface area contributed by atoms with Crippen molar-refractivity contribution in [3.05, 3.63) is 22.7 Å². The highest BCUT2D eigenvalue weighted by Crippen LogP contribution is 2.29. The van der Waals surface area contributed by atoms with Crippen molar-refractivity contribution in [2.24, 2.45) is 0 Å². The number of hydrogen-bond acceptors (Lipinski definition) is 8. The number of aromatic nitrogens is 2. The van der Waals surface area contributed by atoms with Gasteiger partial charge >= 0.3 is 5.97 Å². The first kappa shape index (κ1) is 17.2. The van der Waals surface area contributed by atoms with Crippen LogP contribution in [0.15, 0.2) is 17.0 Å². The number of aromatic carboxylic acids is 1. The number of carbonyl (C=O) groups excluding carboxylic acids is 1. The van der Waals surface area contributed by atoms with Gasteiger partial charge in [0.15, 0.2) is 16.0 Å². The first-order valence-corrected chi connectivity index (χ1v) is 10.3. The molecular formula is C16H19N5O3S2. The molecule has 1 atom stereocenters. The molecule has 4 heterocycles. The van der Waals surface area contributed by atoms with E-state index in [0.717, 1.165) is 24.5 Å². The van der Waals surface area contributed by atoms with Gasteiger partial charge in [-0.2, -0.15) is 0 Å². The minimum absolute atomic E-state index is 0.0774. The van der Waals surface area contributed by atoms with E-state index in [-0.39, 0.29) is 17.6 Å². The van der Waals surface area contributed by atoms with Crippen LogP contribution in [0.4, 0.5) is 10.3 Å². The van der Waals surface area contributed by atoms with Crippen LogP contribution in [0.5, 0.6) is 0 Å². The van der Waals surface area contributed by atoms with Crippen molar-refractivity contribution in [1.82, 2.24) is 14.9 Å². The summed E-state index contributed by atoms with van der Waals surface area (Å²) in [7, 11) is 0. The van der Waals surface area contributed by atoms with Crippen LogP contribution in [0.1, 0.15) is 23.3 Å². The van der Waals surface area contributed by atoms with Gasteiger partial charge in [-0.15, -0.1) is 22.7 Å². The van der Waals surface area contributed by atoms with E-state index in [9.17, 15) is 9.59 Å². The first-order valence-electron chi connectivity index (χ1n) is 8.52. The second-order valence-corrected chi connectivity index (χ2v) is 8.01. The number of thiazole rings is 2. The zero-order chi connectivity index (χ0) is 18.1. The quantitative estimate of drug-likeness (QED) is 0.844. The molecule has 2 aromatic rings. The van der Waals surface area contributed by atoms with Crippen LogP contribution in [0.3, 0.4) is 0 Å². The van der Waals surface area contributed by atoms with Gasteiger partial charge in [-0.05, 0) is 12.8 Å². The van der Waals surface area contributed by atoms with Crippen molar-refractivity contribution >= 4 is 44.8 Å². The second-order valence-electron chi connectivity index (χ2n) is 6.30. The van der Waals surface area contributed by atoms with E-state index in [0.29, 0.717) is 31.3 Å². The summed E-state index contributed by atoms with van der Waals surface area (Å²) in [6, 6.07) is -0.119. The molecule has 2 fully saturated rings. The molecule has 0 radical (unpaired) electrons. The summed E-state index contributed by atoms with van der Waals surface area (Å²) in [5.41, 5.74) is 0.0774. The van der Waals surface area contributed by atoms with Gasteiger partial charge in [-0.1, -0.05) is 0 Å². The topological polar surface area (TPSA) is 89.9 Å². The minimum Gasteiger partial charge on any atom is -0.476 e. The zero-order valence-electron chi connectivity index (χ0n) is 14.1. The highest BCUT2D eigenvalue weighted by atomic mass is 32.1. The number of rotatable bonds is 4. The lowest BCUT2D eigenvalue weighted by Crippen LogP contribution is -2.53. The zero-order valence-corrected chi connectivity index (χ0v) is 15.7. The molecule has 4 rings (SSSR count). The second kappa shape index (κ2) is 7.20. The van der Waals surface area contributed by atoms with Crippen LogP contribution in [0.2, 0.25) is 0 Å². The van der Waals surface area contributed by atoms with Gasteiger partial charge in [0, 0.05) is 49.7 Å². The lowest BCUT2D eigenvalue weighted by atomic mass is 10.1. The maximum atomic E-state index is 13.0. The summed E-state index contributed by atoms with van der Waals surface area (Å²) in [4.78, 5) is 38.6. The molecule has 8 nitrogen and oxygen atoms in total. The van der Waals surface area contributed by atoms with Crippen molar-refractivity contribution in [1.29, 1.82) is 0 Å². The fourth-order valence-electron chi connectivity index (χ4n) is 3.45. The third-order valence-electron chi connectivity index (χ3n) is 4.78. The van der Waals surface area contributed by atoms with E-state index in [4.69, 9.17) is 5.11 Å². The molecule has 1 amide bonds. The van der Waals surface area contributed by atoms with Crippen LogP contribution in [0, 0.1) is 0 Å². The summed E-state index contributed by atoms with van der Waals surface area (Å²) in [6.45, 7) is 3.47. The smallest absolute Gasteiger partial charge is 0.355 e. The molecule has 1 unspecified atom stereocenters. The van der Waals surface area contributed by atoms with Gasteiger partial charge in [0.2, 0.25) is 5.91 Å². The van der Waals surface area contributed by atoms with E-state index in [1.165, 1.54) is 11.3 Å². The van der Waals surface area contributed by atoms with E-state index in [1.807, 2.05) is 15.2 Å². The number of anilines is 2. The molecule has 138 valence electrons. The molecule has 10 heteroatoms. The van der Waals surface area contributed by atoms with E-state index >= 15 is 0 Å². The molecule has 0 aliphatic carbocycles. The average Bonchev–Trinajstić information content (AvgIpc) is 3.41. The van der Waals surface area contributed by atoms with Crippen molar-refractivity contribution < 1.29 is 14.7 Å². The molecule has 2 saturated heterocycles. The van der Waals surface area contributed by atoms with Gasteiger partial charge < -0.3 is 19.8 Å². The summed E-state index contributed by atoms with van der Waals surface area (Å²) in [5, 5.41) is 14.1. The number of piperazine rings is 1. The molecule has 0 bridgehead atoms. The molecule has 0 saturated carbocycles. The lowest BCUT2D eigenvalue weighted by molar-refractivity contribution is -0.132. The van der Waals surface area contributed by atoms with Crippen LogP contribution >= 0.6 is 22.7 Å². The lowest BCUT2D eigenvalue weighted by Gasteiger charge is -2.37. The number of hydrogen-bond donors (Lipinski definition) is 1. The fraction of sp³-hybridized carbons (Fsp3) is 0.500. The fourth-order valence-corrected chi connectivity index (χ4v) is 5.02. The SMILES string of the molecule is O=C(O)c1csc(N2CCN(C(=O)C3CCCN3c3nccs3)CC2)n1. The third-order valence-corrected chi connectivity index (χ3v) is 6.49. The predicted molar refractivity (Wildman–Crippen MR) is 100 cm³/mol. The monoisotopic (exact) mass is 393 g/mol. The Hall–Kier alpha value is -2.20. The molecule has 2 aliphatic rings. The van der Waals surface area contributed by atoms with Crippen LogP contribution in [0.25, 0.3) is 0 Å². The molecule has 26 heavy (non-hydrogen) atoms.